The summed E-state index contributed by atoms with van der Waals surface area (Å²) in [7, 11) is 0. The Bertz CT molecular complexity index is 459. The van der Waals surface area contributed by atoms with Crippen LogP contribution in [-0.4, -0.2) is 15.9 Å². The molecular formula is C6H5N3O2S. The number of rotatable bonds is 0. The molecule has 0 spiro atoms. The van der Waals surface area contributed by atoms with Gasteiger partial charge in [0.25, 0.3) is 5.56 Å². The van der Waals surface area contributed by atoms with E-state index in [0.29, 0.717) is 11.4 Å². The van der Waals surface area contributed by atoms with Gasteiger partial charge in [0.15, 0.2) is 4.77 Å². The predicted molar refractivity (Wildman–Crippen MR) is 44.6 cm³/mol. The van der Waals surface area contributed by atoms with Crippen molar-refractivity contribution in [3.8, 4) is 0 Å². The molecule has 1 amide bonds. The Labute approximate surface area is 71.8 Å². The van der Waals surface area contributed by atoms with Gasteiger partial charge in [0, 0.05) is 0 Å². The van der Waals surface area contributed by atoms with E-state index in [9.17, 15) is 9.59 Å². The summed E-state index contributed by atoms with van der Waals surface area (Å²) in [6.45, 7) is 0. The topological polar surface area (TPSA) is 77.8 Å². The highest BCUT2D eigenvalue weighted by Gasteiger charge is 2.20. The lowest BCUT2D eigenvalue weighted by molar-refractivity contribution is -0.115. The van der Waals surface area contributed by atoms with Gasteiger partial charge < -0.3 is 10.3 Å². The number of anilines is 1. The van der Waals surface area contributed by atoms with Crippen molar-refractivity contribution in [1.29, 1.82) is 0 Å². The van der Waals surface area contributed by atoms with Crippen molar-refractivity contribution in [2.24, 2.45) is 0 Å². The number of carbonyl (C=O) groups excluding carboxylic acids is 1. The maximum atomic E-state index is 11.1. The number of amides is 1. The first-order valence-electron chi connectivity index (χ1n) is 3.32. The third kappa shape index (κ3) is 0.964. The average molecular weight is 183 g/mol. The SMILES string of the molecule is O=C1Cc2c([nH]c(=S)[nH]c2=O)N1. The standard InChI is InChI=1S/C6H5N3O2S/c10-3-1-2-4(7-3)8-6(12)9-5(2)11/h1H2,(H3,7,8,9,10,11,12). The minimum Gasteiger partial charge on any atom is -0.318 e. The molecule has 0 aromatic carbocycles. The molecule has 0 saturated carbocycles. The van der Waals surface area contributed by atoms with E-state index in [1.54, 1.807) is 0 Å². The maximum absolute atomic E-state index is 11.1. The first kappa shape index (κ1) is 7.23. The van der Waals surface area contributed by atoms with Gasteiger partial charge in [-0.25, -0.2) is 0 Å². The molecule has 3 N–H and O–H groups in total. The van der Waals surface area contributed by atoms with E-state index < -0.39 is 0 Å². The zero-order chi connectivity index (χ0) is 8.72. The molecule has 0 radical (unpaired) electrons. The molecule has 1 aromatic rings. The molecule has 6 heteroatoms. The molecule has 1 aliphatic rings. The number of carbonyl (C=O) groups is 1. The van der Waals surface area contributed by atoms with Crippen molar-refractivity contribution in [2.75, 3.05) is 5.32 Å². The normalized spacial score (nSPS) is 14.2. The Morgan fingerprint density at radius 2 is 2.00 bits per heavy atom. The molecule has 0 bridgehead atoms. The summed E-state index contributed by atoms with van der Waals surface area (Å²) in [4.78, 5) is 27.1. The molecule has 0 atom stereocenters. The Balaban J connectivity index is 2.76. The lowest BCUT2D eigenvalue weighted by atomic mass is 10.3. The number of fused-ring (bicyclic) bond motifs is 1. The average Bonchev–Trinajstić information content (AvgIpc) is 2.29. The molecule has 12 heavy (non-hydrogen) atoms. The van der Waals surface area contributed by atoms with E-state index in [-0.39, 0.29) is 22.7 Å². The van der Waals surface area contributed by atoms with Gasteiger partial charge in [-0.2, -0.15) is 0 Å². The zero-order valence-corrected chi connectivity index (χ0v) is 6.75. The van der Waals surface area contributed by atoms with Gasteiger partial charge >= 0.3 is 0 Å². The van der Waals surface area contributed by atoms with Crippen LogP contribution in [-0.2, 0) is 11.2 Å². The van der Waals surface area contributed by atoms with Gasteiger partial charge in [-0.15, -0.1) is 0 Å². The highest BCUT2D eigenvalue weighted by atomic mass is 32.1. The van der Waals surface area contributed by atoms with Gasteiger partial charge in [0.2, 0.25) is 5.91 Å². The summed E-state index contributed by atoms with van der Waals surface area (Å²) in [6.07, 6.45) is 0.122. The van der Waals surface area contributed by atoms with Crippen molar-refractivity contribution >= 4 is 23.9 Å². The third-order valence-corrected chi connectivity index (χ3v) is 1.85. The van der Waals surface area contributed by atoms with Crippen molar-refractivity contribution < 1.29 is 4.79 Å². The van der Waals surface area contributed by atoms with Gasteiger partial charge in [-0.3, -0.25) is 14.6 Å². The molecule has 0 fully saturated rings. The fourth-order valence-electron chi connectivity index (χ4n) is 1.13. The van der Waals surface area contributed by atoms with Crippen LogP contribution < -0.4 is 10.9 Å². The summed E-state index contributed by atoms with van der Waals surface area (Å²) in [5.41, 5.74) is 0.126. The fraction of sp³-hybridized carbons (Fsp3) is 0.167. The quantitative estimate of drug-likeness (QED) is 0.492. The Morgan fingerprint density at radius 1 is 1.25 bits per heavy atom. The third-order valence-electron chi connectivity index (χ3n) is 1.64. The van der Waals surface area contributed by atoms with Gasteiger partial charge in [-0.1, -0.05) is 0 Å². The lowest BCUT2D eigenvalue weighted by Gasteiger charge is -1.95. The summed E-state index contributed by atoms with van der Waals surface area (Å²) in [6, 6.07) is 0. The highest BCUT2D eigenvalue weighted by Crippen LogP contribution is 2.14. The van der Waals surface area contributed by atoms with Crippen LogP contribution in [0, 0.1) is 4.77 Å². The number of hydrogen-bond acceptors (Lipinski definition) is 3. The van der Waals surface area contributed by atoms with E-state index in [1.807, 2.05) is 0 Å². The molecular weight excluding hydrogens is 178 g/mol. The molecule has 1 aromatic heterocycles. The van der Waals surface area contributed by atoms with Crippen LogP contribution in [0.3, 0.4) is 0 Å². The zero-order valence-electron chi connectivity index (χ0n) is 5.93. The summed E-state index contributed by atoms with van der Waals surface area (Å²) < 4.78 is 0.223. The summed E-state index contributed by atoms with van der Waals surface area (Å²) in [5, 5.41) is 2.50. The number of hydrogen-bond donors (Lipinski definition) is 3. The van der Waals surface area contributed by atoms with Crippen LogP contribution in [0.2, 0.25) is 0 Å². The minimum absolute atomic E-state index is 0.122. The van der Waals surface area contributed by atoms with Crippen molar-refractivity contribution in [3.63, 3.8) is 0 Å². The molecule has 1 aliphatic heterocycles. The maximum Gasteiger partial charge on any atom is 0.257 e. The lowest BCUT2D eigenvalue weighted by Crippen LogP contribution is -2.12. The Hall–Kier alpha value is -1.43. The monoisotopic (exact) mass is 183 g/mol. The van der Waals surface area contributed by atoms with Crippen molar-refractivity contribution in [3.05, 3.63) is 20.7 Å². The van der Waals surface area contributed by atoms with Gasteiger partial charge in [0.05, 0.1) is 12.0 Å². The smallest absolute Gasteiger partial charge is 0.257 e. The molecule has 5 nitrogen and oxygen atoms in total. The first-order chi connectivity index (χ1) is 5.66. The Morgan fingerprint density at radius 3 is 2.75 bits per heavy atom. The molecule has 0 unspecified atom stereocenters. The highest BCUT2D eigenvalue weighted by molar-refractivity contribution is 7.71. The van der Waals surface area contributed by atoms with Crippen LogP contribution >= 0.6 is 12.2 Å². The van der Waals surface area contributed by atoms with Crippen LogP contribution in [0.5, 0.6) is 0 Å². The number of H-pyrrole nitrogens is 2. The molecule has 0 saturated heterocycles. The van der Waals surface area contributed by atoms with Gasteiger partial charge in [0.1, 0.15) is 5.82 Å². The minimum atomic E-state index is -0.299. The van der Waals surface area contributed by atoms with Gasteiger partial charge in [-0.05, 0) is 12.2 Å². The number of aromatic nitrogens is 2. The number of aromatic amines is 2. The second-order valence-electron chi connectivity index (χ2n) is 2.49. The molecule has 2 rings (SSSR count). The summed E-state index contributed by atoms with van der Waals surface area (Å²) in [5.74, 6) is 0.237. The van der Waals surface area contributed by atoms with Crippen molar-refractivity contribution in [1.82, 2.24) is 9.97 Å². The molecule has 2 heterocycles. The summed E-state index contributed by atoms with van der Waals surface area (Å²) >= 11 is 4.72. The van der Waals surface area contributed by atoms with Crippen LogP contribution in [0.4, 0.5) is 5.82 Å². The second kappa shape index (κ2) is 2.28. The largest absolute Gasteiger partial charge is 0.318 e. The molecule has 62 valence electrons. The van der Waals surface area contributed by atoms with E-state index in [0.717, 1.165) is 0 Å². The first-order valence-corrected chi connectivity index (χ1v) is 3.73. The number of nitrogens with one attached hydrogen (secondary N) is 3. The second-order valence-corrected chi connectivity index (χ2v) is 2.90. The Kier molecular flexibility index (Phi) is 1.37. The van der Waals surface area contributed by atoms with Crippen LogP contribution in [0.25, 0.3) is 0 Å². The molecule has 0 aliphatic carbocycles. The van der Waals surface area contributed by atoms with E-state index in [2.05, 4.69) is 15.3 Å². The van der Waals surface area contributed by atoms with E-state index >= 15 is 0 Å². The van der Waals surface area contributed by atoms with E-state index in [1.165, 1.54) is 0 Å². The van der Waals surface area contributed by atoms with Crippen LogP contribution in [0.1, 0.15) is 5.56 Å². The van der Waals surface area contributed by atoms with E-state index in [4.69, 9.17) is 12.2 Å². The van der Waals surface area contributed by atoms with Crippen LogP contribution in [0.15, 0.2) is 4.79 Å². The fourth-order valence-corrected chi connectivity index (χ4v) is 1.33. The predicted octanol–water partition coefficient (Wildman–Crippen LogP) is -0.0729. The van der Waals surface area contributed by atoms with Crippen molar-refractivity contribution in [2.45, 2.75) is 6.42 Å².